The Morgan fingerprint density at radius 2 is 2.37 bits per heavy atom. The summed E-state index contributed by atoms with van der Waals surface area (Å²) in [6, 6.07) is 0. The highest BCUT2D eigenvalue weighted by molar-refractivity contribution is 8.01. The molecule has 6 heteroatoms. The van der Waals surface area contributed by atoms with Gasteiger partial charge in [0.1, 0.15) is 5.01 Å². The molecule has 4 nitrogen and oxygen atoms in total. The van der Waals surface area contributed by atoms with Crippen LogP contribution < -0.4 is 5.32 Å². The highest BCUT2D eigenvalue weighted by Crippen LogP contribution is 2.21. The largest absolute Gasteiger partial charge is 0.355 e. The molecule has 1 N–H and O–H groups in total. The third kappa shape index (κ3) is 5.32. The van der Waals surface area contributed by atoms with Gasteiger partial charge in [0.25, 0.3) is 0 Å². The summed E-state index contributed by atoms with van der Waals surface area (Å²) in [4.78, 5) is 11.7. The summed E-state index contributed by atoms with van der Waals surface area (Å²) < 4.78 is 0.864. The fraction of sp³-hybridized carbons (Fsp3) is 0.615. The van der Waals surface area contributed by atoms with E-state index < -0.39 is 0 Å². The number of allylic oxidation sites excluding steroid dienone is 1. The Balaban J connectivity index is 1.60. The van der Waals surface area contributed by atoms with Crippen molar-refractivity contribution >= 4 is 29.0 Å². The molecule has 0 spiro atoms. The zero-order chi connectivity index (χ0) is 13.5. The van der Waals surface area contributed by atoms with E-state index in [0.29, 0.717) is 5.75 Å². The van der Waals surface area contributed by atoms with Gasteiger partial charge in [-0.3, -0.25) is 4.79 Å². The molecule has 1 aliphatic carbocycles. The molecular weight excluding hydrogens is 278 g/mol. The first-order valence-corrected chi connectivity index (χ1v) is 8.42. The molecule has 0 atom stereocenters. The molecule has 0 unspecified atom stereocenters. The third-order valence-electron chi connectivity index (χ3n) is 2.99. The molecule has 0 radical (unpaired) electrons. The minimum Gasteiger partial charge on any atom is -0.355 e. The van der Waals surface area contributed by atoms with Crippen LogP contribution in [0.1, 0.15) is 37.1 Å². The van der Waals surface area contributed by atoms with Crippen LogP contribution in [0.3, 0.4) is 0 Å². The maximum absolute atomic E-state index is 11.7. The smallest absolute Gasteiger partial charge is 0.230 e. The van der Waals surface area contributed by atoms with Crippen molar-refractivity contribution < 1.29 is 4.79 Å². The minimum atomic E-state index is 0.0780. The lowest BCUT2D eigenvalue weighted by molar-refractivity contribution is -0.118. The predicted molar refractivity (Wildman–Crippen MR) is 79.5 cm³/mol. The van der Waals surface area contributed by atoms with Gasteiger partial charge in [0.15, 0.2) is 4.34 Å². The highest BCUT2D eigenvalue weighted by atomic mass is 32.2. The van der Waals surface area contributed by atoms with Crippen LogP contribution in [0, 0.1) is 6.92 Å². The molecule has 1 aliphatic rings. The van der Waals surface area contributed by atoms with Crippen LogP contribution in [-0.4, -0.2) is 28.4 Å². The number of thioether (sulfide) groups is 1. The Hall–Kier alpha value is -0.880. The molecule has 0 saturated heterocycles. The zero-order valence-electron chi connectivity index (χ0n) is 11.1. The number of rotatable bonds is 6. The lowest BCUT2D eigenvalue weighted by Crippen LogP contribution is -2.26. The molecule has 0 fully saturated rings. The Bertz CT molecular complexity index is 456. The van der Waals surface area contributed by atoms with Crippen LogP contribution in [0.4, 0.5) is 0 Å². The van der Waals surface area contributed by atoms with Crippen LogP contribution in [0.25, 0.3) is 0 Å². The summed E-state index contributed by atoms with van der Waals surface area (Å²) in [6.45, 7) is 2.67. The number of carbonyl (C=O) groups is 1. The first kappa shape index (κ1) is 14.5. The monoisotopic (exact) mass is 297 g/mol. The number of hydrogen-bond acceptors (Lipinski definition) is 5. The van der Waals surface area contributed by atoms with Gasteiger partial charge < -0.3 is 5.32 Å². The molecule has 0 saturated carbocycles. The number of aromatic nitrogens is 2. The Kier molecular flexibility index (Phi) is 5.85. The Labute approximate surface area is 122 Å². The number of nitrogens with one attached hydrogen (secondary N) is 1. The summed E-state index contributed by atoms with van der Waals surface area (Å²) in [5.41, 5.74) is 1.50. The van der Waals surface area contributed by atoms with Gasteiger partial charge in [-0.2, -0.15) is 0 Å². The maximum atomic E-state index is 11.7. The summed E-state index contributed by atoms with van der Waals surface area (Å²) in [5, 5.41) is 11.8. The van der Waals surface area contributed by atoms with Gasteiger partial charge in [0.05, 0.1) is 5.75 Å². The van der Waals surface area contributed by atoms with Crippen molar-refractivity contribution in [2.24, 2.45) is 0 Å². The summed E-state index contributed by atoms with van der Waals surface area (Å²) in [7, 11) is 0. The van der Waals surface area contributed by atoms with Crippen molar-refractivity contribution in [2.75, 3.05) is 12.3 Å². The molecule has 1 amide bonds. The van der Waals surface area contributed by atoms with Crippen LogP contribution in [0.2, 0.25) is 0 Å². The van der Waals surface area contributed by atoms with E-state index in [9.17, 15) is 4.79 Å². The minimum absolute atomic E-state index is 0.0780. The lowest BCUT2D eigenvalue weighted by Gasteiger charge is -2.12. The van der Waals surface area contributed by atoms with Crippen molar-refractivity contribution in [1.82, 2.24) is 15.5 Å². The first-order chi connectivity index (χ1) is 9.24. The van der Waals surface area contributed by atoms with Crippen LogP contribution in [-0.2, 0) is 4.79 Å². The van der Waals surface area contributed by atoms with Gasteiger partial charge in [-0.05, 0) is 39.0 Å². The van der Waals surface area contributed by atoms with Crippen LogP contribution in [0.15, 0.2) is 16.0 Å². The number of carbonyl (C=O) groups excluding carboxylic acids is 1. The van der Waals surface area contributed by atoms with Gasteiger partial charge in [-0.15, -0.1) is 10.2 Å². The average molecular weight is 297 g/mol. The van der Waals surface area contributed by atoms with E-state index in [1.165, 1.54) is 54.4 Å². The van der Waals surface area contributed by atoms with Crippen molar-refractivity contribution in [3.63, 3.8) is 0 Å². The molecular formula is C13H19N3OS2. The van der Waals surface area contributed by atoms with Gasteiger partial charge in [0.2, 0.25) is 5.91 Å². The molecule has 1 aromatic heterocycles. The predicted octanol–water partition coefficient (Wildman–Crippen LogP) is 2.95. The van der Waals surface area contributed by atoms with Gasteiger partial charge in [-0.1, -0.05) is 34.7 Å². The van der Waals surface area contributed by atoms with Crippen LogP contribution in [0.5, 0.6) is 0 Å². The molecule has 1 aromatic rings. The average Bonchev–Trinajstić information content (AvgIpc) is 2.83. The lowest BCUT2D eigenvalue weighted by atomic mass is 9.97. The molecule has 104 valence electrons. The second-order valence-corrected chi connectivity index (χ2v) is 6.99. The van der Waals surface area contributed by atoms with E-state index in [-0.39, 0.29) is 5.91 Å². The van der Waals surface area contributed by atoms with E-state index in [1.54, 1.807) is 0 Å². The zero-order valence-corrected chi connectivity index (χ0v) is 12.8. The second-order valence-electron chi connectivity index (χ2n) is 4.58. The Morgan fingerprint density at radius 3 is 3.05 bits per heavy atom. The number of amides is 1. The summed E-state index contributed by atoms with van der Waals surface area (Å²) >= 11 is 2.98. The number of nitrogens with zero attached hydrogens (tertiary/aromatic N) is 2. The number of hydrogen-bond donors (Lipinski definition) is 1. The molecule has 0 aliphatic heterocycles. The van der Waals surface area contributed by atoms with Gasteiger partial charge in [0, 0.05) is 6.54 Å². The fourth-order valence-corrected chi connectivity index (χ4v) is 3.65. The molecule has 19 heavy (non-hydrogen) atoms. The fourth-order valence-electron chi connectivity index (χ4n) is 2.01. The Morgan fingerprint density at radius 1 is 1.47 bits per heavy atom. The van der Waals surface area contributed by atoms with E-state index >= 15 is 0 Å². The van der Waals surface area contributed by atoms with Crippen LogP contribution >= 0.6 is 23.1 Å². The summed E-state index contributed by atoms with van der Waals surface area (Å²) in [5.74, 6) is 0.502. The molecule has 0 bridgehead atoms. The standard InChI is InChI=1S/C13H19N3OS2/c1-10-15-16-13(19-10)18-9-12(17)14-8-7-11-5-3-2-4-6-11/h5H,2-4,6-9H2,1H3,(H,14,17). The van der Waals surface area contributed by atoms with Crippen molar-refractivity contribution in [2.45, 2.75) is 43.4 Å². The maximum Gasteiger partial charge on any atom is 0.230 e. The van der Waals surface area contributed by atoms with Crippen molar-refractivity contribution in [3.05, 3.63) is 16.7 Å². The van der Waals surface area contributed by atoms with Crippen molar-refractivity contribution in [3.8, 4) is 0 Å². The SMILES string of the molecule is Cc1nnc(SCC(=O)NCCC2=CCCCC2)s1. The summed E-state index contributed by atoms with van der Waals surface area (Å²) in [6.07, 6.45) is 8.34. The quantitative estimate of drug-likeness (QED) is 0.648. The van der Waals surface area contributed by atoms with E-state index in [2.05, 4.69) is 21.6 Å². The third-order valence-corrected chi connectivity index (χ3v) is 4.96. The van der Waals surface area contributed by atoms with E-state index in [0.717, 1.165) is 22.3 Å². The molecule has 2 rings (SSSR count). The normalized spacial score (nSPS) is 15.1. The second kappa shape index (κ2) is 7.65. The van der Waals surface area contributed by atoms with Crippen molar-refractivity contribution in [1.29, 1.82) is 0 Å². The van der Waals surface area contributed by atoms with Gasteiger partial charge >= 0.3 is 0 Å². The van der Waals surface area contributed by atoms with E-state index in [4.69, 9.17) is 0 Å². The van der Waals surface area contributed by atoms with E-state index in [1.807, 2.05) is 6.92 Å². The molecule has 0 aromatic carbocycles. The first-order valence-electron chi connectivity index (χ1n) is 6.61. The number of aryl methyl sites for hydroxylation is 1. The van der Waals surface area contributed by atoms with Gasteiger partial charge in [-0.25, -0.2) is 0 Å². The molecule has 1 heterocycles. The topological polar surface area (TPSA) is 54.9 Å². The highest BCUT2D eigenvalue weighted by Gasteiger charge is 2.07.